The molecule has 2 aliphatic heterocycles. The molecule has 116 valence electrons. The van der Waals surface area contributed by atoms with Gasteiger partial charge in [0.1, 0.15) is 0 Å². The first kappa shape index (κ1) is 17.7. The van der Waals surface area contributed by atoms with Crippen LogP contribution in [-0.4, -0.2) is 29.4 Å². The van der Waals surface area contributed by atoms with E-state index in [0.717, 1.165) is 6.42 Å². The van der Waals surface area contributed by atoms with Gasteiger partial charge in [-0.2, -0.15) is 5.57 Å². The average molecular weight is 446 g/mol. The van der Waals surface area contributed by atoms with Gasteiger partial charge in [-0.25, -0.2) is 10.6 Å². The van der Waals surface area contributed by atoms with Crippen molar-refractivity contribution in [3.05, 3.63) is 44.7 Å². The monoisotopic (exact) mass is 443 g/mol. The van der Waals surface area contributed by atoms with Gasteiger partial charge in [0.25, 0.3) is 0 Å². The molecule has 0 aromatic carbocycles. The van der Waals surface area contributed by atoms with Crippen molar-refractivity contribution in [2.24, 2.45) is 0 Å². The van der Waals surface area contributed by atoms with Gasteiger partial charge in [0.15, 0.2) is 0 Å². The predicted octanol–water partition coefficient (Wildman–Crippen LogP) is 5.19. The Kier molecular flexibility index (Phi) is 4.58. The second-order valence-electron chi connectivity index (χ2n) is 6.77. The summed E-state index contributed by atoms with van der Waals surface area (Å²) in [4.78, 5) is 1.10. The van der Waals surface area contributed by atoms with E-state index in [0.29, 0.717) is 0 Å². The van der Waals surface area contributed by atoms with Gasteiger partial charge in [0.05, 0.1) is 18.3 Å². The molecule has 0 spiro atoms. The molecule has 5 heteroatoms. The second kappa shape index (κ2) is 5.70. The Hall–Kier alpha value is 0.860. The van der Waals surface area contributed by atoms with Gasteiger partial charge in [-0.3, -0.25) is 10.5 Å². The van der Waals surface area contributed by atoms with Crippen LogP contribution in [0.25, 0.3) is 0 Å². The number of alkyl halides is 2. The molecule has 0 aromatic rings. The minimum atomic E-state index is -1.51. The van der Waals surface area contributed by atoms with Crippen molar-refractivity contribution in [2.75, 3.05) is 5.75 Å². The first-order chi connectivity index (χ1) is 9.91. The van der Waals surface area contributed by atoms with Crippen LogP contribution < -0.4 is 0 Å². The summed E-state index contributed by atoms with van der Waals surface area (Å²) < 4.78 is 0. The average Bonchev–Trinajstić information content (AvgIpc) is 3.04. The quantitative estimate of drug-likeness (QED) is 0.184. The van der Waals surface area contributed by atoms with Crippen molar-refractivity contribution in [2.45, 2.75) is 43.1 Å². The molecule has 0 saturated carbocycles. The number of hydrogen-bond donors (Lipinski definition) is 0. The molecule has 2 heterocycles. The zero-order valence-electron chi connectivity index (χ0n) is 13.1. The van der Waals surface area contributed by atoms with Gasteiger partial charge in [0.2, 0.25) is 0 Å². The van der Waals surface area contributed by atoms with Crippen LogP contribution in [0.4, 0.5) is 0 Å². The molecular formula is C17H19Cl2SSiZr-. The van der Waals surface area contributed by atoms with Crippen LogP contribution in [0.1, 0.15) is 19.8 Å². The molecule has 0 bridgehead atoms. The SMILES string of the molecule is CCCS1=[C-]C2=C3C1=CC(C1(Cl)CC=CC1Cl)=C3[Si]2(C)C.[Zr]. The molecule has 0 fully saturated rings. The largest absolute Gasteiger partial charge is 0.266 e. The molecule has 3 unspecified atom stereocenters. The zero-order chi connectivity index (χ0) is 15.0. The van der Waals surface area contributed by atoms with E-state index in [1.165, 1.54) is 28.2 Å². The van der Waals surface area contributed by atoms with Crippen LogP contribution in [-0.2, 0) is 26.2 Å². The van der Waals surface area contributed by atoms with Crippen LogP contribution in [0.2, 0.25) is 13.1 Å². The summed E-state index contributed by atoms with van der Waals surface area (Å²) >= 11 is 13.5. The molecule has 4 rings (SSSR count). The van der Waals surface area contributed by atoms with Gasteiger partial charge in [-0.1, -0.05) is 43.2 Å². The molecule has 3 atom stereocenters. The van der Waals surface area contributed by atoms with Crippen molar-refractivity contribution in [3.63, 3.8) is 0 Å². The number of rotatable bonds is 3. The summed E-state index contributed by atoms with van der Waals surface area (Å²) in [5, 5.41) is 6.87. The van der Waals surface area contributed by atoms with Crippen LogP contribution >= 0.6 is 33.7 Å². The summed E-state index contributed by atoms with van der Waals surface area (Å²) in [7, 11) is -1.32. The molecule has 0 saturated heterocycles. The summed E-state index contributed by atoms with van der Waals surface area (Å²) in [5.41, 5.74) is 2.86. The molecule has 0 nitrogen and oxygen atoms in total. The van der Waals surface area contributed by atoms with E-state index in [-0.39, 0.29) is 42.1 Å². The fraction of sp³-hybridized carbons (Fsp3) is 0.471. The molecule has 0 amide bonds. The van der Waals surface area contributed by atoms with E-state index >= 15 is 0 Å². The fourth-order valence-electron chi connectivity index (χ4n) is 3.93. The van der Waals surface area contributed by atoms with Gasteiger partial charge < -0.3 is 0 Å². The van der Waals surface area contributed by atoms with Gasteiger partial charge >= 0.3 is 0 Å². The Morgan fingerprint density at radius 2 is 2.18 bits per heavy atom. The minimum Gasteiger partial charge on any atom is -0.266 e. The third-order valence-corrected chi connectivity index (χ3v) is 12.0. The third kappa shape index (κ3) is 2.08. The first-order valence-corrected chi connectivity index (χ1v) is 12.8. The summed E-state index contributed by atoms with van der Waals surface area (Å²) in [5.74, 6) is 1.22. The van der Waals surface area contributed by atoms with Gasteiger partial charge in [0, 0.05) is 26.2 Å². The van der Waals surface area contributed by atoms with E-state index in [9.17, 15) is 0 Å². The normalized spacial score (nSPS) is 36.9. The Morgan fingerprint density at radius 3 is 2.77 bits per heavy atom. The Labute approximate surface area is 165 Å². The molecule has 22 heavy (non-hydrogen) atoms. The third-order valence-electron chi connectivity index (χ3n) is 5.04. The number of allylic oxidation sites excluding steroid dienone is 7. The van der Waals surface area contributed by atoms with E-state index in [1.807, 2.05) is 0 Å². The maximum atomic E-state index is 7.00. The molecule has 0 aromatic heterocycles. The molecule has 2 aliphatic carbocycles. The Morgan fingerprint density at radius 1 is 1.45 bits per heavy atom. The molecule has 0 radical (unpaired) electrons. The number of hydrogen-bond acceptors (Lipinski definition) is 0. The van der Waals surface area contributed by atoms with Crippen molar-refractivity contribution in [1.29, 1.82) is 0 Å². The van der Waals surface area contributed by atoms with E-state index in [1.54, 1.807) is 10.4 Å². The molecular weight excluding hydrogens is 426 g/mol. The van der Waals surface area contributed by atoms with Crippen LogP contribution in [0.3, 0.4) is 0 Å². The second-order valence-corrected chi connectivity index (χ2v) is 14.0. The number of halogens is 2. The first-order valence-electron chi connectivity index (χ1n) is 7.61. The molecule has 4 aliphatic rings. The van der Waals surface area contributed by atoms with E-state index in [4.69, 9.17) is 23.2 Å². The van der Waals surface area contributed by atoms with Crippen LogP contribution in [0, 0.1) is 0 Å². The Bertz CT molecular complexity index is 714. The van der Waals surface area contributed by atoms with Gasteiger partial charge in [-0.05, 0) is 24.2 Å². The van der Waals surface area contributed by atoms with E-state index < -0.39 is 12.9 Å². The topological polar surface area (TPSA) is 0 Å². The van der Waals surface area contributed by atoms with Crippen molar-refractivity contribution < 1.29 is 26.2 Å². The summed E-state index contributed by atoms with van der Waals surface area (Å²) in [6.45, 7) is 7.14. The smallest absolute Gasteiger partial charge is 0.0911 e. The van der Waals surface area contributed by atoms with Crippen molar-refractivity contribution in [3.8, 4) is 0 Å². The maximum absolute atomic E-state index is 7.00. The van der Waals surface area contributed by atoms with Crippen molar-refractivity contribution in [1.82, 2.24) is 0 Å². The van der Waals surface area contributed by atoms with Crippen LogP contribution in [0.15, 0.2) is 44.7 Å². The molecule has 0 N–H and O–H groups in total. The summed E-state index contributed by atoms with van der Waals surface area (Å²) in [6.07, 6.45) is 8.65. The Balaban J connectivity index is 0.00000144. The minimum absolute atomic E-state index is 0. The summed E-state index contributed by atoms with van der Waals surface area (Å²) in [6, 6.07) is 0. The predicted molar refractivity (Wildman–Crippen MR) is 99.4 cm³/mol. The van der Waals surface area contributed by atoms with Gasteiger partial charge in [-0.15, -0.1) is 28.4 Å². The fourth-order valence-corrected chi connectivity index (χ4v) is 10.9. The van der Waals surface area contributed by atoms with Crippen molar-refractivity contribution >= 4 is 47.1 Å². The maximum Gasteiger partial charge on any atom is 0.0911 e. The standard InChI is InChI=1S/C17H19Cl2SSi.Zr/c1-4-8-20-10-13-15-12(20)9-11(16(15)21(13,2)3)17(19)7-5-6-14(17)18;/h5-6,9,14H,4,7-8H2,1-3H3;/q-1;. The zero-order valence-corrected chi connectivity index (χ0v) is 18.9. The van der Waals surface area contributed by atoms with Crippen LogP contribution in [0.5, 0.6) is 0 Å². The van der Waals surface area contributed by atoms with E-state index in [2.05, 4.69) is 43.6 Å².